The first-order valence-electron chi connectivity index (χ1n) is 12.4. The van der Waals surface area contributed by atoms with Gasteiger partial charge in [-0.25, -0.2) is 4.39 Å². The Labute approximate surface area is 220 Å². The number of pyridine rings is 2. The molecule has 0 aliphatic rings. The van der Waals surface area contributed by atoms with Gasteiger partial charge in [-0.2, -0.15) is 5.10 Å². The van der Waals surface area contributed by atoms with Crippen LogP contribution >= 0.6 is 0 Å². The fourth-order valence-electron chi connectivity index (χ4n) is 4.27. The number of hydrogen-bond acceptors (Lipinski definition) is 4. The summed E-state index contributed by atoms with van der Waals surface area (Å²) in [5.74, 6) is 0.0147. The van der Waals surface area contributed by atoms with Crippen molar-refractivity contribution in [3.63, 3.8) is 0 Å². The van der Waals surface area contributed by atoms with Gasteiger partial charge in [0.15, 0.2) is 0 Å². The maximum absolute atomic E-state index is 13.9. The third-order valence-corrected chi connectivity index (χ3v) is 6.49. The zero-order valence-electron chi connectivity index (χ0n) is 21.6. The summed E-state index contributed by atoms with van der Waals surface area (Å²) in [6.07, 6.45) is 11.1. The molecule has 4 aromatic heterocycles. The first-order chi connectivity index (χ1) is 18.3. The fourth-order valence-corrected chi connectivity index (χ4v) is 4.27. The molecule has 6 nitrogen and oxygen atoms in total. The molecule has 3 N–H and O–H groups in total. The van der Waals surface area contributed by atoms with E-state index in [1.807, 2.05) is 37.3 Å². The average Bonchev–Trinajstić information content (AvgIpc) is 3.52. The van der Waals surface area contributed by atoms with Crippen LogP contribution in [0.2, 0.25) is 0 Å². The Morgan fingerprint density at radius 1 is 1.05 bits per heavy atom. The van der Waals surface area contributed by atoms with Gasteiger partial charge >= 0.3 is 0 Å². The predicted molar refractivity (Wildman–Crippen MR) is 154 cm³/mol. The van der Waals surface area contributed by atoms with E-state index in [1.165, 1.54) is 12.1 Å². The average molecular weight is 505 g/mol. The largest absolute Gasteiger partial charge is 0.358 e. The highest BCUT2D eigenvalue weighted by Crippen LogP contribution is 2.30. The van der Waals surface area contributed by atoms with E-state index in [1.54, 1.807) is 30.9 Å². The summed E-state index contributed by atoms with van der Waals surface area (Å²) in [5, 5.41) is 13.8. The van der Waals surface area contributed by atoms with E-state index in [0.717, 1.165) is 66.5 Å². The van der Waals surface area contributed by atoms with Crippen LogP contribution in [-0.2, 0) is 0 Å². The summed E-state index contributed by atoms with van der Waals surface area (Å²) in [5.41, 5.74) is 7.46. The molecule has 1 aromatic carbocycles. The van der Waals surface area contributed by atoms with Crippen molar-refractivity contribution in [1.29, 1.82) is 0 Å². The lowest BCUT2D eigenvalue weighted by Gasteiger charge is -2.13. The molecular formula is C31H29FN6. The summed E-state index contributed by atoms with van der Waals surface area (Å²) in [7, 11) is 0. The highest BCUT2D eigenvalue weighted by Gasteiger charge is 2.13. The van der Waals surface area contributed by atoms with E-state index in [4.69, 9.17) is 0 Å². The van der Waals surface area contributed by atoms with Crippen LogP contribution in [0.5, 0.6) is 0 Å². The van der Waals surface area contributed by atoms with E-state index in [9.17, 15) is 4.39 Å². The molecule has 0 saturated carbocycles. The smallest absolute Gasteiger partial charge is 0.123 e. The zero-order chi connectivity index (χ0) is 26.8. The van der Waals surface area contributed by atoms with Crippen LogP contribution < -0.4 is 15.9 Å². The van der Waals surface area contributed by atoms with Crippen LogP contribution in [0.4, 0.5) is 10.1 Å². The molecule has 0 spiro atoms. The van der Waals surface area contributed by atoms with Crippen LogP contribution in [0.15, 0.2) is 80.0 Å². The van der Waals surface area contributed by atoms with Crippen molar-refractivity contribution in [3.8, 4) is 22.5 Å². The standard InChI is InChI=1S/C31H29FN6/c1-6-28-26(10-19(4)22-12-24(15-33-14-22)35-20(5)18(2)3)31(38-37-28)29-13-25-27(16-34-17-30(25)36-29)21-8-7-9-23(32)11-21/h6-18,35-37H,4-5H2,1-3H3/b26-10+,28-6+. The van der Waals surface area contributed by atoms with E-state index in [0.29, 0.717) is 5.92 Å². The maximum Gasteiger partial charge on any atom is 0.123 e. The van der Waals surface area contributed by atoms with Crippen molar-refractivity contribution in [2.45, 2.75) is 20.8 Å². The van der Waals surface area contributed by atoms with E-state index in [-0.39, 0.29) is 5.82 Å². The minimum absolute atomic E-state index is 0.289. The normalized spacial score (nSPS) is 12.4. The number of nitrogens with one attached hydrogen (secondary N) is 3. The molecule has 4 heterocycles. The molecule has 38 heavy (non-hydrogen) atoms. The Kier molecular flexibility index (Phi) is 6.75. The first-order valence-corrected chi connectivity index (χ1v) is 12.4. The molecule has 0 aliphatic heterocycles. The lowest BCUT2D eigenvalue weighted by Crippen LogP contribution is -2.23. The lowest BCUT2D eigenvalue weighted by atomic mass is 10.0. The Morgan fingerprint density at radius 3 is 2.63 bits per heavy atom. The van der Waals surface area contributed by atoms with Crippen molar-refractivity contribution in [3.05, 3.63) is 102 Å². The molecule has 5 aromatic rings. The van der Waals surface area contributed by atoms with Crippen molar-refractivity contribution >= 4 is 34.3 Å². The van der Waals surface area contributed by atoms with Gasteiger partial charge < -0.3 is 10.3 Å². The van der Waals surface area contributed by atoms with Crippen LogP contribution in [0, 0.1) is 11.7 Å². The number of anilines is 1. The predicted octanol–water partition coefficient (Wildman–Crippen LogP) is 6.03. The minimum atomic E-state index is -0.289. The third-order valence-electron chi connectivity index (χ3n) is 6.49. The fraction of sp³-hybridized carbons (Fsp3) is 0.129. The quantitative estimate of drug-likeness (QED) is 0.253. The third kappa shape index (κ3) is 4.91. The number of hydrogen-bond donors (Lipinski definition) is 3. The van der Waals surface area contributed by atoms with Gasteiger partial charge in [-0.15, -0.1) is 0 Å². The van der Waals surface area contributed by atoms with Crippen LogP contribution in [-0.4, -0.2) is 25.1 Å². The molecule has 0 aliphatic carbocycles. The minimum Gasteiger partial charge on any atom is -0.358 e. The Morgan fingerprint density at radius 2 is 1.87 bits per heavy atom. The second kappa shape index (κ2) is 10.3. The molecule has 0 fully saturated rings. The van der Waals surface area contributed by atoms with Gasteiger partial charge in [0.25, 0.3) is 0 Å². The number of aromatic amines is 2. The molecule has 0 radical (unpaired) electrons. The molecule has 0 saturated heterocycles. The number of H-pyrrole nitrogens is 2. The van der Waals surface area contributed by atoms with Crippen LogP contribution in [0.25, 0.3) is 51.1 Å². The molecule has 0 atom stereocenters. The molecule has 0 amide bonds. The number of halogens is 1. The van der Waals surface area contributed by atoms with Crippen molar-refractivity contribution in [2.24, 2.45) is 5.92 Å². The van der Waals surface area contributed by atoms with Gasteiger partial charge in [0.1, 0.15) is 11.5 Å². The first kappa shape index (κ1) is 24.9. The highest BCUT2D eigenvalue weighted by molar-refractivity contribution is 5.97. The SMILES string of the molecule is C=C(/C=c1/c(-c2cc3c(-c4cccc(F)c4)cncc3[nH]2)n[nH]/c1=C/C)c1cncc(NC(=C)C(C)C)c1. The lowest BCUT2D eigenvalue weighted by molar-refractivity contribution is 0.628. The maximum atomic E-state index is 13.9. The zero-order valence-corrected chi connectivity index (χ0v) is 21.6. The van der Waals surface area contributed by atoms with E-state index < -0.39 is 0 Å². The van der Waals surface area contributed by atoms with E-state index in [2.05, 4.69) is 57.5 Å². The van der Waals surface area contributed by atoms with Crippen LogP contribution in [0.1, 0.15) is 26.3 Å². The van der Waals surface area contributed by atoms with Gasteiger partial charge in [0, 0.05) is 39.8 Å². The van der Waals surface area contributed by atoms with Crippen LogP contribution in [0.3, 0.4) is 0 Å². The monoisotopic (exact) mass is 504 g/mol. The van der Waals surface area contributed by atoms with Gasteiger partial charge in [-0.05, 0) is 54.3 Å². The van der Waals surface area contributed by atoms with Crippen molar-refractivity contribution in [1.82, 2.24) is 25.1 Å². The number of fused-ring (bicyclic) bond motifs is 1. The molecule has 7 heteroatoms. The molecule has 0 unspecified atom stereocenters. The Hall–Kier alpha value is -4.78. The second-order valence-corrected chi connectivity index (χ2v) is 9.47. The van der Waals surface area contributed by atoms with Gasteiger partial charge in [0.2, 0.25) is 0 Å². The summed E-state index contributed by atoms with van der Waals surface area (Å²) in [6.45, 7) is 14.5. The molecule has 5 rings (SSSR count). The topological polar surface area (TPSA) is 82.3 Å². The Balaban J connectivity index is 1.57. The summed E-state index contributed by atoms with van der Waals surface area (Å²) < 4.78 is 13.9. The Bertz CT molecular complexity index is 1790. The summed E-state index contributed by atoms with van der Waals surface area (Å²) in [4.78, 5) is 12.2. The summed E-state index contributed by atoms with van der Waals surface area (Å²) >= 11 is 0. The molecule has 0 bridgehead atoms. The van der Waals surface area contributed by atoms with Crippen molar-refractivity contribution in [2.75, 3.05) is 5.32 Å². The van der Waals surface area contributed by atoms with Gasteiger partial charge in [-0.1, -0.05) is 45.2 Å². The number of aromatic nitrogens is 5. The number of rotatable bonds is 7. The molecular weight excluding hydrogens is 475 g/mol. The highest BCUT2D eigenvalue weighted by atomic mass is 19.1. The number of nitrogens with zero attached hydrogens (tertiary/aromatic N) is 3. The van der Waals surface area contributed by atoms with Crippen molar-refractivity contribution < 1.29 is 4.39 Å². The van der Waals surface area contributed by atoms with Gasteiger partial charge in [0.05, 0.1) is 34.6 Å². The van der Waals surface area contributed by atoms with Gasteiger partial charge in [-0.3, -0.25) is 15.1 Å². The second-order valence-electron chi connectivity index (χ2n) is 9.47. The summed E-state index contributed by atoms with van der Waals surface area (Å²) in [6, 6.07) is 10.6. The number of allylic oxidation sites excluding steroid dienone is 2. The molecule has 190 valence electrons. The van der Waals surface area contributed by atoms with E-state index >= 15 is 0 Å². The number of benzene rings is 1.